The molecule has 0 atom stereocenters. The number of aromatic hydroxyl groups is 2. The lowest BCUT2D eigenvalue weighted by molar-refractivity contribution is 0.456. The number of anilines is 1. The molecule has 0 bridgehead atoms. The number of phenols is 2. The quantitative estimate of drug-likeness (QED) is 0.319. The summed E-state index contributed by atoms with van der Waals surface area (Å²) in [6.07, 6.45) is 0. The van der Waals surface area contributed by atoms with Crippen molar-refractivity contribution in [3.8, 4) is 11.5 Å². The Bertz CT molecular complexity index is 1150. The van der Waals surface area contributed by atoms with E-state index in [1.807, 2.05) is 54.6 Å². The third-order valence-corrected chi connectivity index (χ3v) is 4.26. The number of nitrogens with two attached hydrogens (primary N) is 1. The minimum Gasteiger partial charge on any atom is -0.507 e. The Balaban J connectivity index is 1.78. The number of hydrogen-bond acceptors (Lipinski definition) is 3. The van der Waals surface area contributed by atoms with Crippen LogP contribution in [0.5, 0.6) is 11.5 Å². The van der Waals surface area contributed by atoms with Gasteiger partial charge < -0.3 is 21.3 Å². The second-order valence-electron chi connectivity index (χ2n) is 5.96. The molecule has 0 aliphatic carbocycles. The van der Waals surface area contributed by atoms with E-state index in [9.17, 15) is 10.2 Å². The van der Waals surface area contributed by atoms with E-state index in [1.54, 1.807) is 12.1 Å². The van der Waals surface area contributed by atoms with E-state index in [2.05, 4.69) is 10.3 Å². The van der Waals surface area contributed by atoms with Crippen LogP contribution in [0.1, 0.15) is 0 Å². The minimum atomic E-state index is -0.135. The maximum atomic E-state index is 10.2. The highest BCUT2D eigenvalue weighted by atomic mass is 16.3. The summed E-state index contributed by atoms with van der Waals surface area (Å²) in [5.41, 5.74) is 7.23. The summed E-state index contributed by atoms with van der Waals surface area (Å²) in [6, 6.07) is 22.3. The van der Waals surface area contributed by atoms with Crippen LogP contribution in [0, 0.1) is 0 Å². The molecule has 5 heteroatoms. The summed E-state index contributed by atoms with van der Waals surface area (Å²) in [5.74, 6) is 0.00833. The lowest BCUT2D eigenvalue weighted by Crippen LogP contribution is -2.22. The fourth-order valence-corrected chi connectivity index (χ4v) is 3.06. The van der Waals surface area contributed by atoms with Crippen LogP contribution in [0.25, 0.3) is 21.5 Å². The molecule has 0 aliphatic heterocycles. The van der Waals surface area contributed by atoms with Gasteiger partial charge in [0, 0.05) is 27.9 Å². The van der Waals surface area contributed by atoms with E-state index in [-0.39, 0.29) is 17.5 Å². The number of benzene rings is 4. The Morgan fingerprint density at radius 3 is 2.23 bits per heavy atom. The van der Waals surface area contributed by atoms with Crippen molar-refractivity contribution in [2.24, 2.45) is 10.7 Å². The van der Waals surface area contributed by atoms with E-state index in [0.29, 0.717) is 16.5 Å². The SMILES string of the molecule is NC(=Nc1c(O)cc(O)c2ccccc12)Nc1cccc2ccccc12. The number of phenolic OH excluding ortho intramolecular Hbond substituents is 2. The van der Waals surface area contributed by atoms with Gasteiger partial charge >= 0.3 is 0 Å². The van der Waals surface area contributed by atoms with E-state index >= 15 is 0 Å². The molecule has 0 saturated heterocycles. The Morgan fingerprint density at radius 2 is 1.42 bits per heavy atom. The first-order valence-corrected chi connectivity index (χ1v) is 8.16. The summed E-state index contributed by atoms with van der Waals surface area (Å²) in [6.45, 7) is 0. The van der Waals surface area contributed by atoms with Crippen LogP contribution in [-0.4, -0.2) is 16.2 Å². The highest BCUT2D eigenvalue weighted by molar-refractivity contribution is 6.06. The molecule has 0 heterocycles. The predicted molar refractivity (Wildman–Crippen MR) is 106 cm³/mol. The molecule has 5 N–H and O–H groups in total. The molecule has 0 saturated carbocycles. The second kappa shape index (κ2) is 6.29. The topological polar surface area (TPSA) is 90.9 Å². The first-order chi connectivity index (χ1) is 12.6. The molecule has 128 valence electrons. The van der Waals surface area contributed by atoms with Crippen molar-refractivity contribution < 1.29 is 10.2 Å². The molecule has 0 fully saturated rings. The van der Waals surface area contributed by atoms with Gasteiger partial charge in [-0.15, -0.1) is 0 Å². The molecule has 4 aromatic rings. The highest BCUT2D eigenvalue weighted by Crippen LogP contribution is 2.40. The summed E-state index contributed by atoms with van der Waals surface area (Å²) < 4.78 is 0. The number of aliphatic imine (C=N–C) groups is 1. The molecule has 0 aromatic heterocycles. The van der Waals surface area contributed by atoms with Crippen molar-refractivity contribution in [3.05, 3.63) is 72.8 Å². The largest absolute Gasteiger partial charge is 0.507 e. The van der Waals surface area contributed by atoms with E-state index in [4.69, 9.17) is 5.73 Å². The summed E-state index contributed by atoms with van der Waals surface area (Å²) in [7, 11) is 0. The molecule has 0 unspecified atom stereocenters. The van der Waals surface area contributed by atoms with Gasteiger partial charge in [-0.3, -0.25) is 0 Å². The second-order valence-corrected chi connectivity index (χ2v) is 5.96. The predicted octanol–water partition coefficient (Wildman–Crippen LogP) is 4.46. The zero-order valence-electron chi connectivity index (χ0n) is 13.8. The van der Waals surface area contributed by atoms with Gasteiger partial charge in [-0.2, -0.15) is 0 Å². The van der Waals surface area contributed by atoms with Crippen LogP contribution in [-0.2, 0) is 0 Å². The third kappa shape index (κ3) is 2.75. The Kier molecular flexibility index (Phi) is 3.82. The lowest BCUT2D eigenvalue weighted by Gasteiger charge is -2.11. The number of hydrogen-bond donors (Lipinski definition) is 4. The van der Waals surface area contributed by atoms with Crippen LogP contribution in [0.4, 0.5) is 11.4 Å². The summed E-state index contributed by atoms with van der Waals surface area (Å²) in [4.78, 5) is 4.35. The van der Waals surface area contributed by atoms with Gasteiger partial charge in [0.25, 0.3) is 0 Å². The number of guanidine groups is 1. The Hall–Kier alpha value is -3.73. The Morgan fingerprint density at radius 1 is 0.769 bits per heavy atom. The van der Waals surface area contributed by atoms with E-state index in [0.717, 1.165) is 16.5 Å². The first kappa shape index (κ1) is 15.8. The Labute approximate surface area is 150 Å². The minimum absolute atomic E-state index is 0.00219. The van der Waals surface area contributed by atoms with Gasteiger partial charge in [0.15, 0.2) is 5.96 Å². The molecule has 0 aliphatic rings. The van der Waals surface area contributed by atoms with Crippen LogP contribution in [0.2, 0.25) is 0 Å². The number of nitrogens with zero attached hydrogens (tertiary/aromatic N) is 1. The van der Waals surface area contributed by atoms with Crippen LogP contribution in [0.15, 0.2) is 77.8 Å². The van der Waals surface area contributed by atoms with Crippen molar-refractivity contribution in [3.63, 3.8) is 0 Å². The zero-order chi connectivity index (χ0) is 18.1. The molecular weight excluding hydrogens is 326 g/mol. The molecule has 5 nitrogen and oxygen atoms in total. The summed E-state index contributed by atoms with van der Waals surface area (Å²) >= 11 is 0. The third-order valence-electron chi connectivity index (χ3n) is 4.26. The molecular formula is C21H17N3O2. The van der Waals surface area contributed by atoms with Gasteiger partial charge in [0.2, 0.25) is 0 Å². The molecule has 4 rings (SSSR count). The van der Waals surface area contributed by atoms with Gasteiger partial charge in [-0.05, 0) is 11.5 Å². The molecule has 0 spiro atoms. The van der Waals surface area contributed by atoms with Crippen molar-refractivity contribution in [2.75, 3.05) is 5.32 Å². The number of fused-ring (bicyclic) bond motifs is 2. The fraction of sp³-hybridized carbons (Fsp3) is 0. The number of rotatable bonds is 2. The molecule has 0 amide bonds. The van der Waals surface area contributed by atoms with Crippen LogP contribution in [0.3, 0.4) is 0 Å². The van der Waals surface area contributed by atoms with Crippen molar-refractivity contribution >= 4 is 38.9 Å². The van der Waals surface area contributed by atoms with Crippen LogP contribution < -0.4 is 11.1 Å². The van der Waals surface area contributed by atoms with Gasteiger partial charge in [0.05, 0.1) is 0 Å². The summed E-state index contributed by atoms with van der Waals surface area (Å²) in [5, 5.41) is 26.7. The van der Waals surface area contributed by atoms with Gasteiger partial charge in [0.1, 0.15) is 17.2 Å². The average molecular weight is 343 g/mol. The smallest absolute Gasteiger partial charge is 0.198 e. The first-order valence-electron chi connectivity index (χ1n) is 8.16. The lowest BCUT2D eigenvalue weighted by atomic mass is 10.1. The highest BCUT2D eigenvalue weighted by Gasteiger charge is 2.11. The van der Waals surface area contributed by atoms with Crippen molar-refractivity contribution in [1.82, 2.24) is 0 Å². The molecule has 4 aromatic carbocycles. The maximum absolute atomic E-state index is 10.2. The fourth-order valence-electron chi connectivity index (χ4n) is 3.06. The van der Waals surface area contributed by atoms with Crippen molar-refractivity contribution in [1.29, 1.82) is 0 Å². The maximum Gasteiger partial charge on any atom is 0.198 e. The number of nitrogens with one attached hydrogen (secondary N) is 1. The van der Waals surface area contributed by atoms with Gasteiger partial charge in [-0.1, -0.05) is 60.7 Å². The van der Waals surface area contributed by atoms with Crippen LogP contribution >= 0.6 is 0 Å². The normalized spacial score (nSPS) is 11.8. The zero-order valence-corrected chi connectivity index (χ0v) is 13.8. The monoisotopic (exact) mass is 343 g/mol. The molecule has 0 radical (unpaired) electrons. The molecule has 26 heavy (non-hydrogen) atoms. The van der Waals surface area contributed by atoms with E-state index in [1.165, 1.54) is 6.07 Å². The van der Waals surface area contributed by atoms with E-state index < -0.39 is 0 Å². The standard InChI is InChI=1S/C21H17N3O2/c22-21(23-17-11-5-7-13-6-1-2-8-14(13)17)24-20-16-10-4-3-9-15(16)18(25)12-19(20)26/h1-12,25-26H,(H3,22,23,24). The van der Waals surface area contributed by atoms with Gasteiger partial charge in [-0.25, -0.2) is 4.99 Å². The van der Waals surface area contributed by atoms with Crippen molar-refractivity contribution in [2.45, 2.75) is 0 Å². The average Bonchev–Trinajstić information content (AvgIpc) is 2.65.